The lowest BCUT2D eigenvalue weighted by atomic mass is 10.2. The highest BCUT2D eigenvalue weighted by Crippen LogP contribution is 2.14. The third-order valence-corrected chi connectivity index (χ3v) is 3.61. The van der Waals surface area contributed by atoms with E-state index < -0.39 is 16.1 Å². The average molecular weight is 286 g/mol. The Hall–Kier alpha value is -1.40. The van der Waals surface area contributed by atoms with Gasteiger partial charge in [-0.3, -0.25) is 4.89 Å². The summed E-state index contributed by atoms with van der Waals surface area (Å²) < 4.78 is 27.6. The molecular formula is C13H18O5S. The molecule has 0 spiro atoms. The van der Waals surface area contributed by atoms with Crippen LogP contribution in [0, 0.1) is 6.92 Å². The Bertz CT molecular complexity index is 504. The van der Waals surface area contributed by atoms with Gasteiger partial charge in [0.1, 0.15) is 0 Å². The van der Waals surface area contributed by atoms with E-state index in [2.05, 4.69) is 9.22 Å². The standard InChI is InChI=1S/C13H18O5S/c1-3-4-5-6-13(14)17-18-19(15,16)12-9-7-11(2)8-10-12/h7-10H,3-6H2,1-2H3. The molecule has 0 saturated carbocycles. The zero-order valence-corrected chi connectivity index (χ0v) is 11.9. The summed E-state index contributed by atoms with van der Waals surface area (Å²) in [6.45, 7) is 3.84. The van der Waals surface area contributed by atoms with E-state index in [4.69, 9.17) is 0 Å². The van der Waals surface area contributed by atoms with Crippen molar-refractivity contribution in [1.29, 1.82) is 0 Å². The largest absolute Gasteiger partial charge is 0.343 e. The normalized spacial score (nSPS) is 11.3. The molecule has 106 valence electrons. The van der Waals surface area contributed by atoms with Crippen LogP contribution >= 0.6 is 0 Å². The van der Waals surface area contributed by atoms with Crippen molar-refractivity contribution in [2.45, 2.75) is 44.4 Å². The quantitative estimate of drug-likeness (QED) is 0.438. The number of unbranched alkanes of at least 4 members (excludes halogenated alkanes) is 2. The molecule has 0 aromatic heterocycles. The number of hydrogen-bond acceptors (Lipinski definition) is 5. The maximum Gasteiger partial charge on any atom is 0.343 e. The lowest BCUT2D eigenvalue weighted by molar-refractivity contribution is -0.211. The van der Waals surface area contributed by atoms with Crippen LogP contribution in [0.5, 0.6) is 0 Å². The number of carbonyl (C=O) groups excluding carboxylic acids is 1. The van der Waals surface area contributed by atoms with Gasteiger partial charge in [0.05, 0.1) is 4.90 Å². The Morgan fingerprint density at radius 3 is 2.37 bits per heavy atom. The lowest BCUT2D eigenvalue weighted by Crippen LogP contribution is -2.12. The summed E-state index contributed by atoms with van der Waals surface area (Å²) in [5.41, 5.74) is 0.926. The van der Waals surface area contributed by atoms with E-state index in [1.54, 1.807) is 12.1 Å². The van der Waals surface area contributed by atoms with Crippen LogP contribution in [0.2, 0.25) is 0 Å². The molecule has 1 rings (SSSR count). The predicted octanol–water partition coefficient (Wildman–Crippen LogP) is 2.74. The Morgan fingerprint density at radius 1 is 1.16 bits per heavy atom. The third-order valence-electron chi connectivity index (χ3n) is 2.51. The fourth-order valence-electron chi connectivity index (χ4n) is 1.39. The first-order chi connectivity index (χ1) is 8.95. The van der Waals surface area contributed by atoms with Crippen LogP contribution in [-0.4, -0.2) is 14.4 Å². The molecule has 0 unspecified atom stereocenters. The van der Waals surface area contributed by atoms with Crippen molar-refractivity contribution in [3.8, 4) is 0 Å². The van der Waals surface area contributed by atoms with Gasteiger partial charge < -0.3 is 0 Å². The van der Waals surface area contributed by atoms with Crippen molar-refractivity contribution >= 4 is 16.1 Å². The Labute approximate surface area is 113 Å². The minimum Gasteiger partial charge on any atom is -0.281 e. The van der Waals surface area contributed by atoms with Gasteiger partial charge in [-0.15, -0.1) is 0 Å². The number of rotatable bonds is 7. The van der Waals surface area contributed by atoms with Crippen LogP contribution in [0.3, 0.4) is 0 Å². The van der Waals surface area contributed by atoms with E-state index in [1.807, 2.05) is 13.8 Å². The van der Waals surface area contributed by atoms with Crippen LogP contribution in [0.1, 0.15) is 38.2 Å². The Balaban J connectivity index is 2.51. The second-order valence-corrected chi connectivity index (χ2v) is 5.76. The van der Waals surface area contributed by atoms with Gasteiger partial charge in [-0.2, -0.15) is 8.42 Å². The first-order valence-electron chi connectivity index (χ1n) is 6.16. The summed E-state index contributed by atoms with van der Waals surface area (Å²) in [5.74, 6) is -0.677. The second kappa shape index (κ2) is 7.25. The molecule has 0 aliphatic rings. The van der Waals surface area contributed by atoms with Gasteiger partial charge >= 0.3 is 16.1 Å². The minimum absolute atomic E-state index is 0.0422. The number of benzene rings is 1. The second-order valence-electron chi connectivity index (χ2n) is 4.25. The van der Waals surface area contributed by atoms with Gasteiger partial charge in [0, 0.05) is 6.42 Å². The van der Waals surface area contributed by atoms with Gasteiger partial charge in [0.25, 0.3) is 0 Å². The monoisotopic (exact) mass is 286 g/mol. The van der Waals surface area contributed by atoms with Crippen molar-refractivity contribution in [3.63, 3.8) is 0 Å². The highest BCUT2D eigenvalue weighted by atomic mass is 32.2. The van der Waals surface area contributed by atoms with E-state index in [1.165, 1.54) is 12.1 Å². The first-order valence-corrected chi connectivity index (χ1v) is 7.57. The van der Waals surface area contributed by atoms with E-state index in [-0.39, 0.29) is 11.3 Å². The molecule has 0 aliphatic heterocycles. The molecule has 0 fully saturated rings. The fourth-order valence-corrected chi connectivity index (χ4v) is 2.10. The number of carbonyl (C=O) groups is 1. The summed E-state index contributed by atoms with van der Waals surface area (Å²) >= 11 is 0. The maximum absolute atomic E-state index is 11.7. The highest BCUT2D eigenvalue weighted by Gasteiger charge is 2.18. The zero-order valence-electron chi connectivity index (χ0n) is 11.1. The molecule has 6 heteroatoms. The van der Waals surface area contributed by atoms with E-state index in [9.17, 15) is 13.2 Å². The third kappa shape index (κ3) is 5.40. The van der Waals surface area contributed by atoms with E-state index in [0.29, 0.717) is 6.42 Å². The summed E-state index contributed by atoms with van der Waals surface area (Å²) in [7, 11) is -4.05. The summed E-state index contributed by atoms with van der Waals surface area (Å²) in [6.07, 6.45) is 2.66. The van der Waals surface area contributed by atoms with Crippen molar-refractivity contribution in [2.24, 2.45) is 0 Å². The van der Waals surface area contributed by atoms with Gasteiger partial charge in [0.15, 0.2) is 0 Å². The molecule has 19 heavy (non-hydrogen) atoms. The molecule has 0 atom stereocenters. The van der Waals surface area contributed by atoms with Crippen molar-refractivity contribution in [3.05, 3.63) is 29.8 Å². The highest BCUT2D eigenvalue weighted by molar-refractivity contribution is 7.86. The van der Waals surface area contributed by atoms with Gasteiger partial charge in [-0.1, -0.05) is 37.5 Å². The molecular weight excluding hydrogens is 268 g/mol. The predicted molar refractivity (Wildman–Crippen MR) is 69.7 cm³/mol. The number of aryl methyl sites for hydroxylation is 1. The molecule has 1 aromatic carbocycles. The fraction of sp³-hybridized carbons (Fsp3) is 0.462. The van der Waals surface area contributed by atoms with Crippen molar-refractivity contribution in [1.82, 2.24) is 0 Å². The van der Waals surface area contributed by atoms with Gasteiger partial charge in [0.2, 0.25) is 0 Å². The van der Waals surface area contributed by atoms with Crippen LogP contribution in [-0.2, 0) is 24.1 Å². The molecule has 0 radical (unpaired) electrons. The Kier molecular flexibility index (Phi) is 5.98. The number of hydrogen-bond donors (Lipinski definition) is 0. The van der Waals surface area contributed by atoms with Gasteiger partial charge in [-0.25, -0.2) is 4.79 Å². The van der Waals surface area contributed by atoms with Crippen LogP contribution < -0.4 is 0 Å². The molecule has 1 aromatic rings. The summed E-state index contributed by atoms with van der Waals surface area (Å²) in [6, 6.07) is 6.07. The first kappa shape index (κ1) is 15.7. The van der Waals surface area contributed by atoms with Crippen molar-refractivity contribution in [2.75, 3.05) is 0 Å². The molecule has 0 bridgehead atoms. The Morgan fingerprint density at radius 2 is 1.79 bits per heavy atom. The van der Waals surface area contributed by atoms with Crippen LogP contribution in [0.15, 0.2) is 29.2 Å². The minimum atomic E-state index is -4.05. The summed E-state index contributed by atoms with van der Waals surface area (Å²) in [4.78, 5) is 15.5. The average Bonchev–Trinajstić information content (AvgIpc) is 2.37. The molecule has 0 N–H and O–H groups in total. The van der Waals surface area contributed by atoms with Crippen LogP contribution in [0.4, 0.5) is 0 Å². The SMILES string of the molecule is CCCCCC(=O)OOS(=O)(=O)c1ccc(C)cc1. The van der Waals surface area contributed by atoms with E-state index in [0.717, 1.165) is 18.4 Å². The maximum atomic E-state index is 11.7. The van der Waals surface area contributed by atoms with Gasteiger partial charge in [-0.05, 0) is 29.8 Å². The topological polar surface area (TPSA) is 69.7 Å². The molecule has 0 aliphatic carbocycles. The molecule has 0 amide bonds. The van der Waals surface area contributed by atoms with Crippen LogP contribution in [0.25, 0.3) is 0 Å². The summed E-state index contributed by atoms with van der Waals surface area (Å²) in [5, 5.41) is 0. The van der Waals surface area contributed by atoms with Crippen molar-refractivity contribution < 1.29 is 22.4 Å². The van der Waals surface area contributed by atoms with E-state index >= 15 is 0 Å². The molecule has 5 nitrogen and oxygen atoms in total. The lowest BCUT2D eigenvalue weighted by Gasteiger charge is -2.04. The molecule has 0 heterocycles. The molecule has 0 saturated heterocycles. The smallest absolute Gasteiger partial charge is 0.281 e. The zero-order chi connectivity index (χ0) is 14.3.